The van der Waals surface area contributed by atoms with Gasteiger partial charge in [0.1, 0.15) is 0 Å². The maximum atomic E-state index is 3.63. The first kappa shape index (κ1) is 10.7. The molecule has 1 nitrogen and oxygen atoms in total. The van der Waals surface area contributed by atoms with Crippen molar-refractivity contribution >= 4 is 0 Å². The molecule has 0 radical (unpaired) electrons. The van der Waals surface area contributed by atoms with Crippen LogP contribution in [0.5, 0.6) is 0 Å². The van der Waals surface area contributed by atoms with Crippen molar-refractivity contribution in [3.05, 3.63) is 35.4 Å². The average molecular weight is 203 g/mol. The molecule has 1 aliphatic carbocycles. The summed E-state index contributed by atoms with van der Waals surface area (Å²) in [7, 11) is 0. The topological polar surface area (TPSA) is 12.0 Å². The van der Waals surface area contributed by atoms with Gasteiger partial charge in [-0.1, -0.05) is 31.2 Å². The van der Waals surface area contributed by atoms with Crippen molar-refractivity contribution in [2.45, 2.75) is 39.2 Å². The van der Waals surface area contributed by atoms with Gasteiger partial charge in [-0.2, -0.15) is 0 Å². The number of hydrogen-bond donors (Lipinski definition) is 1. The molecule has 0 bridgehead atoms. The van der Waals surface area contributed by atoms with Crippen LogP contribution in [0.2, 0.25) is 0 Å². The molecule has 0 aromatic heterocycles. The highest BCUT2D eigenvalue weighted by molar-refractivity contribution is 5.25. The van der Waals surface area contributed by atoms with Crippen molar-refractivity contribution < 1.29 is 0 Å². The van der Waals surface area contributed by atoms with E-state index in [9.17, 15) is 0 Å². The first-order valence-corrected chi connectivity index (χ1v) is 6.03. The molecule has 1 aliphatic rings. The summed E-state index contributed by atoms with van der Waals surface area (Å²) in [5, 5.41) is 3.63. The van der Waals surface area contributed by atoms with E-state index in [2.05, 4.69) is 43.4 Å². The zero-order valence-corrected chi connectivity index (χ0v) is 9.79. The van der Waals surface area contributed by atoms with Crippen LogP contribution in [-0.2, 0) is 6.42 Å². The van der Waals surface area contributed by atoms with E-state index in [0.717, 1.165) is 24.9 Å². The second-order valence-electron chi connectivity index (χ2n) is 4.90. The van der Waals surface area contributed by atoms with E-state index in [0.29, 0.717) is 0 Å². The fourth-order valence-electron chi connectivity index (χ4n) is 2.37. The minimum Gasteiger partial charge on any atom is -0.314 e. The van der Waals surface area contributed by atoms with Gasteiger partial charge in [0.25, 0.3) is 0 Å². The van der Waals surface area contributed by atoms with Gasteiger partial charge in [-0.15, -0.1) is 0 Å². The molecule has 1 aromatic carbocycles. The summed E-state index contributed by atoms with van der Waals surface area (Å²) in [6.07, 6.45) is 3.90. The molecule has 1 fully saturated rings. The lowest BCUT2D eigenvalue weighted by atomic mass is 9.82. The van der Waals surface area contributed by atoms with E-state index in [-0.39, 0.29) is 0 Å². The van der Waals surface area contributed by atoms with Crippen molar-refractivity contribution in [2.24, 2.45) is 5.92 Å². The first-order chi connectivity index (χ1) is 7.25. The van der Waals surface area contributed by atoms with E-state index >= 15 is 0 Å². The standard InChI is InChI=1S/C14H21N/c1-11-9-14(10-11)15-8-7-13-6-4-3-5-12(13)2/h3-6,11,14-15H,7-10H2,1-2H3. The first-order valence-electron chi connectivity index (χ1n) is 6.03. The Morgan fingerprint density at radius 3 is 2.67 bits per heavy atom. The van der Waals surface area contributed by atoms with Crippen LogP contribution in [0.4, 0.5) is 0 Å². The third kappa shape index (κ3) is 2.82. The Balaban J connectivity index is 1.72. The van der Waals surface area contributed by atoms with Gasteiger partial charge in [-0.05, 0) is 49.8 Å². The summed E-state index contributed by atoms with van der Waals surface area (Å²) in [4.78, 5) is 0. The van der Waals surface area contributed by atoms with Crippen molar-refractivity contribution in [3.63, 3.8) is 0 Å². The Labute approximate surface area is 92.9 Å². The van der Waals surface area contributed by atoms with Gasteiger partial charge >= 0.3 is 0 Å². The smallest absolute Gasteiger partial charge is 0.00722 e. The third-order valence-electron chi connectivity index (χ3n) is 3.46. The van der Waals surface area contributed by atoms with Crippen LogP contribution in [0.15, 0.2) is 24.3 Å². The van der Waals surface area contributed by atoms with Gasteiger partial charge < -0.3 is 5.32 Å². The van der Waals surface area contributed by atoms with Crippen LogP contribution >= 0.6 is 0 Å². The summed E-state index contributed by atoms with van der Waals surface area (Å²) >= 11 is 0. The maximum absolute atomic E-state index is 3.63. The van der Waals surface area contributed by atoms with Crippen LogP contribution < -0.4 is 5.32 Å². The summed E-state index contributed by atoms with van der Waals surface area (Å²) < 4.78 is 0. The van der Waals surface area contributed by atoms with Gasteiger partial charge in [-0.3, -0.25) is 0 Å². The molecule has 0 unspecified atom stereocenters. The molecule has 0 aliphatic heterocycles. The molecular weight excluding hydrogens is 182 g/mol. The molecule has 1 saturated carbocycles. The van der Waals surface area contributed by atoms with E-state index in [1.165, 1.54) is 24.0 Å². The summed E-state index contributed by atoms with van der Waals surface area (Å²) in [6.45, 7) is 5.66. The van der Waals surface area contributed by atoms with Crippen LogP contribution in [0, 0.1) is 12.8 Å². The lowest BCUT2D eigenvalue weighted by Gasteiger charge is -2.33. The monoisotopic (exact) mass is 203 g/mol. The average Bonchev–Trinajstić information content (AvgIpc) is 2.18. The van der Waals surface area contributed by atoms with E-state index < -0.39 is 0 Å². The fraction of sp³-hybridized carbons (Fsp3) is 0.571. The minimum absolute atomic E-state index is 0.795. The van der Waals surface area contributed by atoms with E-state index in [1.54, 1.807) is 0 Å². The molecule has 15 heavy (non-hydrogen) atoms. The van der Waals surface area contributed by atoms with Gasteiger partial charge in [0.15, 0.2) is 0 Å². The number of benzene rings is 1. The van der Waals surface area contributed by atoms with Crippen LogP contribution in [0.25, 0.3) is 0 Å². The fourth-order valence-corrected chi connectivity index (χ4v) is 2.37. The molecule has 0 spiro atoms. The number of rotatable bonds is 4. The molecule has 0 saturated heterocycles. The minimum atomic E-state index is 0.795. The Kier molecular flexibility index (Phi) is 3.42. The number of aryl methyl sites for hydroxylation is 1. The van der Waals surface area contributed by atoms with Crippen molar-refractivity contribution in [3.8, 4) is 0 Å². The quantitative estimate of drug-likeness (QED) is 0.793. The van der Waals surface area contributed by atoms with Crippen LogP contribution in [0.3, 0.4) is 0 Å². The molecule has 2 rings (SSSR count). The second-order valence-corrected chi connectivity index (χ2v) is 4.90. The zero-order chi connectivity index (χ0) is 10.7. The normalized spacial score (nSPS) is 24.9. The summed E-state index contributed by atoms with van der Waals surface area (Å²) in [6, 6.07) is 9.47. The molecule has 1 N–H and O–H groups in total. The predicted molar refractivity (Wildman–Crippen MR) is 65.1 cm³/mol. The van der Waals surface area contributed by atoms with Crippen molar-refractivity contribution in [1.82, 2.24) is 5.32 Å². The molecular formula is C14H21N. The van der Waals surface area contributed by atoms with Crippen molar-refractivity contribution in [1.29, 1.82) is 0 Å². The molecule has 1 aromatic rings. The summed E-state index contributed by atoms with van der Waals surface area (Å²) in [5.74, 6) is 0.945. The Morgan fingerprint density at radius 2 is 2.00 bits per heavy atom. The predicted octanol–water partition coefficient (Wildman–Crippen LogP) is 2.93. The van der Waals surface area contributed by atoms with Crippen molar-refractivity contribution in [2.75, 3.05) is 6.54 Å². The zero-order valence-electron chi connectivity index (χ0n) is 9.79. The highest BCUT2D eigenvalue weighted by atomic mass is 14.9. The van der Waals surface area contributed by atoms with Gasteiger partial charge in [0.2, 0.25) is 0 Å². The maximum Gasteiger partial charge on any atom is 0.00722 e. The lowest BCUT2D eigenvalue weighted by molar-refractivity contribution is 0.243. The molecule has 0 atom stereocenters. The SMILES string of the molecule is Cc1ccccc1CCNC1CC(C)C1. The Bertz CT molecular complexity index is 313. The van der Waals surface area contributed by atoms with Crippen LogP contribution in [-0.4, -0.2) is 12.6 Å². The summed E-state index contributed by atoms with van der Waals surface area (Å²) in [5.41, 5.74) is 2.90. The largest absolute Gasteiger partial charge is 0.314 e. The van der Waals surface area contributed by atoms with Crippen LogP contribution in [0.1, 0.15) is 30.9 Å². The highest BCUT2D eigenvalue weighted by Crippen LogP contribution is 2.26. The van der Waals surface area contributed by atoms with Gasteiger partial charge in [0, 0.05) is 6.04 Å². The third-order valence-corrected chi connectivity index (χ3v) is 3.46. The Morgan fingerprint density at radius 1 is 1.27 bits per heavy atom. The highest BCUT2D eigenvalue weighted by Gasteiger charge is 2.23. The molecule has 1 heteroatoms. The van der Waals surface area contributed by atoms with Gasteiger partial charge in [0.05, 0.1) is 0 Å². The Hall–Kier alpha value is -0.820. The molecule has 82 valence electrons. The molecule has 0 heterocycles. The second kappa shape index (κ2) is 4.80. The molecule has 0 amide bonds. The van der Waals surface area contributed by atoms with Gasteiger partial charge in [-0.25, -0.2) is 0 Å². The lowest BCUT2D eigenvalue weighted by Crippen LogP contribution is -2.40. The number of hydrogen-bond acceptors (Lipinski definition) is 1. The van der Waals surface area contributed by atoms with E-state index in [1.807, 2.05) is 0 Å². The number of nitrogens with one attached hydrogen (secondary N) is 1. The van der Waals surface area contributed by atoms with E-state index in [4.69, 9.17) is 0 Å².